The van der Waals surface area contributed by atoms with E-state index in [0.29, 0.717) is 29.7 Å². The predicted octanol–water partition coefficient (Wildman–Crippen LogP) is 6.23. The van der Waals surface area contributed by atoms with Crippen LogP contribution in [0.1, 0.15) is 61.3 Å². The Morgan fingerprint density at radius 3 is 2.29 bits per heavy atom. The van der Waals surface area contributed by atoms with Crippen molar-refractivity contribution in [3.8, 4) is 28.6 Å². The maximum atomic E-state index is 12.5. The lowest BCUT2D eigenvalue weighted by Gasteiger charge is -2.26. The van der Waals surface area contributed by atoms with Gasteiger partial charge in [-0.3, -0.25) is 9.36 Å². The number of carbonyl (C=O) groups excluding carboxylic acids is 1. The van der Waals surface area contributed by atoms with Crippen molar-refractivity contribution in [3.63, 3.8) is 0 Å². The van der Waals surface area contributed by atoms with E-state index < -0.39 is 0 Å². The molecule has 8 heteroatoms. The van der Waals surface area contributed by atoms with Crippen LogP contribution >= 0.6 is 11.8 Å². The SMILES string of the molecule is COc1cc(-c2nnc(SCCCC(=O)c3ccccc3)n2C2CCCCC2)cc(OC)c1OC. The van der Waals surface area contributed by atoms with E-state index in [2.05, 4.69) is 14.8 Å². The molecular formula is C27H33N3O4S. The van der Waals surface area contributed by atoms with Gasteiger partial charge >= 0.3 is 0 Å². The molecule has 35 heavy (non-hydrogen) atoms. The largest absolute Gasteiger partial charge is 0.493 e. The second kappa shape index (κ2) is 12.1. The second-order valence-electron chi connectivity index (χ2n) is 8.62. The normalized spacial score (nSPS) is 14.0. The molecule has 1 fully saturated rings. The van der Waals surface area contributed by atoms with Crippen molar-refractivity contribution in [3.05, 3.63) is 48.0 Å². The first-order chi connectivity index (χ1) is 17.2. The second-order valence-corrected chi connectivity index (χ2v) is 9.69. The lowest BCUT2D eigenvalue weighted by molar-refractivity contribution is 0.0982. The van der Waals surface area contributed by atoms with Crippen LogP contribution in [0.25, 0.3) is 11.4 Å². The Morgan fingerprint density at radius 1 is 0.971 bits per heavy atom. The van der Waals surface area contributed by atoms with Gasteiger partial charge in [-0.2, -0.15) is 0 Å². The van der Waals surface area contributed by atoms with Gasteiger partial charge in [0.25, 0.3) is 0 Å². The number of aromatic nitrogens is 3. The van der Waals surface area contributed by atoms with E-state index in [-0.39, 0.29) is 5.78 Å². The van der Waals surface area contributed by atoms with Crippen LogP contribution in [0.4, 0.5) is 0 Å². The molecule has 0 radical (unpaired) electrons. The van der Waals surface area contributed by atoms with E-state index in [9.17, 15) is 4.79 Å². The maximum absolute atomic E-state index is 12.5. The van der Waals surface area contributed by atoms with Crippen molar-refractivity contribution in [2.75, 3.05) is 27.1 Å². The number of ether oxygens (including phenoxy) is 3. The third kappa shape index (κ3) is 5.81. The standard InChI is InChI=1S/C27H33N3O4S/c1-32-23-17-20(18-24(33-2)25(23)34-3)26-28-29-27(30(26)21-13-8-5-9-14-21)35-16-10-15-22(31)19-11-6-4-7-12-19/h4,6-7,11-12,17-18,21H,5,8-10,13-16H2,1-3H3. The Morgan fingerprint density at radius 2 is 1.66 bits per heavy atom. The smallest absolute Gasteiger partial charge is 0.203 e. The molecule has 1 saturated carbocycles. The van der Waals surface area contributed by atoms with E-state index in [1.165, 1.54) is 19.3 Å². The zero-order valence-electron chi connectivity index (χ0n) is 20.7. The first-order valence-corrected chi connectivity index (χ1v) is 13.1. The van der Waals surface area contributed by atoms with Crippen molar-refractivity contribution >= 4 is 17.5 Å². The number of thioether (sulfide) groups is 1. The first kappa shape index (κ1) is 25.1. The van der Waals surface area contributed by atoms with Gasteiger partial charge in [0, 0.05) is 29.3 Å². The molecule has 0 aliphatic heterocycles. The Kier molecular flexibility index (Phi) is 8.69. The third-order valence-corrected chi connectivity index (χ3v) is 7.43. The maximum Gasteiger partial charge on any atom is 0.203 e. The van der Waals surface area contributed by atoms with Gasteiger partial charge in [0.1, 0.15) is 0 Å². The Hall–Kier alpha value is -3.00. The molecule has 0 amide bonds. The van der Waals surface area contributed by atoms with Crippen LogP contribution in [0.3, 0.4) is 0 Å². The number of hydrogen-bond acceptors (Lipinski definition) is 7. The number of benzene rings is 2. The molecule has 7 nitrogen and oxygen atoms in total. The minimum Gasteiger partial charge on any atom is -0.493 e. The number of ketones is 1. The van der Waals surface area contributed by atoms with Gasteiger partial charge in [-0.25, -0.2) is 0 Å². The molecule has 4 rings (SSSR count). The molecule has 1 aliphatic carbocycles. The molecule has 1 aliphatic rings. The Bertz CT molecular complexity index is 1100. The molecule has 0 atom stereocenters. The van der Waals surface area contributed by atoms with Crippen molar-refractivity contribution in [2.45, 2.75) is 56.1 Å². The fraction of sp³-hybridized carbons (Fsp3) is 0.444. The monoisotopic (exact) mass is 495 g/mol. The molecule has 0 N–H and O–H groups in total. The average Bonchev–Trinajstić information content (AvgIpc) is 3.34. The highest BCUT2D eigenvalue weighted by Crippen LogP contribution is 2.43. The number of rotatable bonds is 11. The Balaban J connectivity index is 1.56. The zero-order chi connectivity index (χ0) is 24.6. The van der Waals surface area contributed by atoms with E-state index in [1.807, 2.05) is 42.5 Å². The van der Waals surface area contributed by atoms with Crippen molar-refractivity contribution in [1.82, 2.24) is 14.8 Å². The summed E-state index contributed by atoms with van der Waals surface area (Å²) in [5, 5.41) is 10.1. The fourth-order valence-electron chi connectivity index (χ4n) is 4.62. The predicted molar refractivity (Wildman–Crippen MR) is 138 cm³/mol. The van der Waals surface area contributed by atoms with Gasteiger partial charge in [0.05, 0.1) is 21.3 Å². The summed E-state index contributed by atoms with van der Waals surface area (Å²) in [7, 11) is 4.83. The molecule has 2 aromatic carbocycles. The Labute approximate surface area is 211 Å². The molecule has 0 unspecified atom stereocenters. The summed E-state index contributed by atoms with van der Waals surface area (Å²) in [6.07, 6.45) is 7.19. The minimum absolute atomic E-state index is 0.179. The lowest BCUT2D eigenvalue weighted by Crippen LogP contribution is -2.15. The lowest BCUT2D eigenvalue weighted by atomic mass is 9.95. The number of carbonyl (C=O) groups is 1. The van der Waals surface area contributed by atoms with E-state index in [4.69, 9.17) is 14.2 Å². The molecule has 0 spiro atoms. The highest BCUT2D eigenvalue weighted by molar-refractivity contribution is 7.99. The van der Waals surface area contributed by atoms with E-state index >= 15 is 0 Å². The fourth-order valence-corrected chi connectivity index (χ4v) is 5.56. The van der Waals surface area contributed by atoms with Crippen molar-refractivity contribution in [1.29, 1.82) is 0 Å². The van der Waals surface area contributed by atoms with Gasteiger partial charge in [0.2, 0.25) is 5.75 Å². The zero-order valence-corrected chi connectivity index (χ0v) is 21.5. The van der Waals surface area contributed by atoms with Gasteiger partial charge in [-0.1, -0.05) is 61.4 Å². The molecule has 0 saturated heterocycles. The molecule has 3 aromatic rings. The van der Waals surface area contributed by atoms with Crippen LogP contribution < -0.4 is 14.2 Å². The van der Waals surface area contributed by atoms with Crippen LogP contribution in [-0.2, 0) is 0 Å². The van der Waals surface area contributed by atoms with Gasteiger partial charge in [-0.05, 0) is 31.4 Å². The molecule has 1 heterocycles. The summed E-state index contributed by atoms with van der Waals surface area (Å²) < 4.78 is 18.9. The summed E-state index contributed by atoms with van der Waals surface area (Å²) >= 11 is 1.67. The van der Waals surface area contributed by atoms with Gasteiger partial charge < -0.3 is 14.2 Å². The summed E-state index contributed by atoms with van der Waals surface area (Å²) in [4.78, 5) is 12.5. The van der Waals surface area contributed by atoms with E-state index in [0.717, 1.165) is 47.1 Å². The molecule has 1 aromatic heterocycles. The minimum atomic E-state index is 0.179. The van der Waals surface area contributed by atoms with Crippen molar-refractivity contribution < 1.29 is 19.0 Å². The number of hydrogen-bond donors (Lipinski definition) is 0. The van der Waals surface area contributed by atoms with Gasteiger partial charge in [-0.15, -0.1) is 10.2 Å². The number of methoxy groups -OCH3 is 3. The van der Waals surface area contributed by atoms with Crippen molar-refractivity contribution in [2.24, 2.45) is 0 Å². The first-order valence-electron chi connectivity index (χ1n) is 12.1. The topological polar surface area (TPSA) is 75.5 Å². The highest BCUT2D eigenvalue weighted by atomic mass is 32.2. The molecule has 186 valence electrons. The van der Waals surface area contributed by atoms with Gasteiger partial charge in [0.15, 0.2) is 28.3 Å². The summed E-state index contributed by atoms with van der Waals surface area (Å²) in [5.41, 5.74) is 1.65. The molecular weight excluding hydrogens is 462 g/mol. The molecule has 0 bridgehead atoms. The highest BCUT2D eigenvalue weighted by Gasteiger charge is 2.25. The van der Waals surface area contributed by atoms with Crippen LogP contribution in [0.2, 0.25) is 0 Å². The van der Waals surface area contributed by atoms with Crippen LogP contribution in [0.15, 0.2) is 47.6 Å². The number of nitrogens with zero attached hydrogens (tertiary/aromatic N) is 3. The quantitative estimate of drug-likeness (QED) is 0.177. The van der Waals surface area contributed by atoms with Crippen LogP contribution in [-0.4, -0.2) is 47.6 Å². The number of Topliss-reactive ketones (excluding diaryl/α,β-unsaturated/α-hetero) is 1. The third-order valence-electron chi connectivity index (χ3n) is 6.40. The summed E-state index contributed by atoms with van der Waals surface area (Å²) in [5.74, 6) is 3.53. The average molecular weight is 496 g/mol. The summed E-state index contributed by atoms with van der Waals surface area (Å²) in [6, 6.07) is 13.7. The van der Waals surface area contributed by atoms with Crippen LogP contribution in [0, 0.1) is 0 Å². The summed E-state index contributed by atoms with van der Waals surface area (Å²) in [6.45, 7) is 0. The van der Waals surface area contributed by atoms with Crippen LogP contribution in [0.5, 0.6) is 17.2 Å². The van der Waals surface area contributed by atoms with E-state index in [1.54, 1.807) is 33.1 Å².